The zero-order valence-corrected chi connectivity index (χ0v) is 22.5. The van der Waals surface area contributed by atoms with Gasteiger partial charge in [0.25, 0.3) is 0 Å². The van der Waals surface area contributed by atoms with Gasteiger partial charge in [0, 0.05) is 0 Å². The van der Waals surface area contributed by atoms with E-state index in [0.717, 1.165) is 42.9 Å². The van der Waals surface area contributed by atoms with E-state index < -0.39 is 0 Å². The fraction of sp³-hybridized carbons (Fsp3) is 0.750. The molecule has 5 atom stereocenters. The molecular formula is C32H52O. The van der Waals surface area contributed by atoms with Crippen molar-refractivity contribution in [3.05, 3.63) is 47.1 Å². The summed E-state index contributed by atoms with van der Waals surface area (Å²) in [5.74, 6) is 3.33. The standard InChI is InChI=1S/C32H52O/c1-23(2)10-7-12-26(13-8-11-24(3)4)30-19-20-31-27(14-9-21-32(30,31)6)16-17-28-22-29(33)18-15-25(28)5/h10,16-17,24,26,29-31,33H,5,7-9,11-15,18-22H2,1-4,6H3/t26-,29+,30-,31+,32-/m1/s1. The Labute approximate surface area is 205 Å². The minimum Gasteiger partial charge on any atom is -0.393 e. The smallest absolute Gasteiger partial charge is 0.0583 e. The van der Waals surface area contributed by atoms with Crippen molar-refractivity contribution >= 4 is 0 Å². The minimum atomic E-state index is -0.181. The molecule has 1 nitrogen and oxygen atoms in total. The van der Waals surface area contributed by atoms with Crippen LogP contribution in [0.5, 0.6) is 0 Å². The lowest BCUT2D eigenvalue weighted by Gasteiger charge is -2.45. The Morgan fingerprint density at radius 1 is 1.09 bits per heavy atom. The average Bonchev–Trinajstić information content (AvgIpc) is 3.10. The Kier molecular flexibility index (Phi) is 9.69. The third-order valence-electron chi connectivity index (χ3n) is 9.24. The van der Waals surface area contributed by atoms with Gasteiger partial charge in [-0.15, -0.1) is 0 Å². The molecule has 186 valence electrons. The number of allylic oxidation sites excluding steroid dienone is 6. The molecule has 3 aliphatic carbocycles. The third kappa shape index (κ3) is 6.97. The van der Waals surface area contributed by atoms with Crippen LogP contribution in [-0.2, 0) is 0 Å². The fourth-order valence-electron chi connectivity index (χ4n) is 7.37. The molecule has 0 aromatic carbocycles. The average molecular weight is 453 g/mol. The Morgan fingerprint density at radius 2 is 1.88 bits per heavy atom. The van der Waals surface area contributed by atoms with Crippen molar-refractivity contribution in [1.29, 1.82) is 0 Å². The summed E-state index contributed by atoms with van der Waals surface area (Å²) in [6.07, 6.45) is 23.3. The first-order chi connectivity index (χ1) is 15.7. The molecular weight excluding hydrogens is 400 g/mol. The fourth-order valence-corrected chi connectivity index (χ4v) is 7.37. The summed E-state index contributed by atoms with van der Waals surface area (Å²) >= 11 is 0. The van der Waals surface area contributed by atoms with Gasteiger partial charge in [0.05, 0.1) is 6.10 Å². The molecule has 0 bridgehead atoms. The molecule has 0 radical (unpaired) electrons. The number of hydrogen-bond donors (Lipinski definition) is 1. The zero-order valence-electron chi connectivity index (χ0n) is 22.5. The molecule has 33 heavy (non-hydrogen) atoms. The van der Waals surface area contributed by atoms with Crippen LogP contribution in [0, 0.1) is 29.1 Å². The van der Waals surface area contributed by atoms with Gasteiger partial charge >= 0.3 is 0 Å². The molecule has 3 rings (SSSR count). The van der Waals surface area contributed by atoms with Crippen LogP contribution in [0.3, 0.4) is 0 Å². The van der Waals surface area contributed by atoms with Crippen LogP contribution < -0.4 is 0 Å². The molecule has 0 aliphatic heterocycles. The van der Waals surface area contributed by atoms with Crippen molar-refractivity contribution < 1.29 is 5.11 Å². The van der Waals surface area contributed by atoms with Gasteiger partial charge in [-0.05, 0) is 113 Å². The predicted molar refractivity (Wildman–Crippen MR) is 144 cm³/mol. The molecule has 1 heteroatoms. The highest BCUT2D eigenvalue weighted by Crippen LogP contribution is 2.60. The lowest BCUT2D eigenvalue weighted by molar-refractivity contribution is 0.0824. The minimum absolute atomic E-state index is 0.181. The molecule has 0 spiro atoms. The summed E-state index contributed by atoms with van der Waals surface area (Å²) < 4.78 is 0. The summed E-state index contributed by atoms with van der Waals surface area (Å²) in [6.45, 7) is 16.2. The van der Waals surface area contributed by atoms with Crippen molar-refractivity contribution in [1.82, 2.24) is 0 Å². The number of hydrogen-bond acceptors (Lipinski definition) is 1. The van der Waals surface area contributed by atoms with E-state index in [9.17, 15) is 5.11 Å². The largest absolute Gasteiger partial charge is 0.393 e. The number of aliphatic hydroxyl groups excluding tert-OH is 1. The van der Waals surface area contributed by atoms with Gasteiger partial charge in [-0.3, -0.25) is 0 Å². The summed E-state index contributed by atoms with van der Waals surface area (Å²) in [5, 5.41) is 10.1. The second kappa shape index (κ2) is 12.1. The molecule has 0 saturated heterocycles. The van der Waals surface area contributed by atoms with Gasteiger partial charge in [-0.1, -0.05) is 81.6 Å². The van der Waals surface area contributed by atoms with Crippen molar-refractivity contribution in [2.45, 2.75) is 124 Å². The Balaban J connectivity index is 1.76. The Bertz CT molecular complexity index is 746. The van der Waals surface area contributed by atoms with E-state index in [1.54, 1.807) is 5.57 Å². The maximum atomic E-state index is 10.1. The maximum absolute atomic E-state index is 10.1. The van der Waals surface area contributed by atoms with Crippen molar-refractivity contribution in [3.63, 3.8) is 0 Å². The number of aliphatic hydroxyl groups is 1. The molecule has 3 saturated carbocycles. The molecule has 3 aliphatic rings. The van der Waals surface area contributed by atoms with E-state index in [-0.39, 0.29) is 6.10 Å². The highest BCUT2D eigenvalue weighted by molar-refractivity contribution is 5.36. The molecule has 0 aromatic heterocycles. The Morgan fingerprint density at radius 3 is 2.61 bits per heavy atom. The first-order valence-electron chi connectivity index (χ1n) is 14.1. The van der Waals surface area contributed by atoms with E-state index >= 15 is 0 Å². The van der Waals surface area contributed by atoms with E-state index in [1.807, 2.05) is 0 Å². The number of fused-ring (bicyclic) bond motifs is 1. The zero-order chi connectivity index (χ0) is 24.0. The third-order valence-corrected chi connectivity index (χ3v) is 9.24. The molecule has 0 aromatic rings. The van der Waals surface area contributed by atoms with Gasteiger partial charge in [0.2, 0.25) is 0 Å². The molecule has 1 N–H and O–H groups in total. The summed E-state index contributed by atoms with van der Waals surface area (Å²) in [6, 6.07) is 0. The Hall–Kier alpha value is -1.08. The van der Waals surface area contributed by atoms with Gasteiger partial charge in [-0.25, -0.2) is 0 Å². The molecule has 3 fully saturated rings. The number of rotatable bonds is 9. The SMILES string of the molecule is C=C1CC[C@H](O)CC1=CC=C1CCC[C@]2(C)[C@@H]([C@H](CCC=C(C)C)CCCC(C)C)CC[C@@H]12. The molecule has 0 unspecified atom stereocenters. The van der Waals surface area contributed by atoms with Crippen LogP contribution in [0.2, 0.25) is 0 Å². The first kappa shape index (κ1) is 26.5. The van der Waals surface area contributed by atoms with Crippen molar-refractivity contribution in [2.75, 3.05) is 0 Å². The van der Waals surface area contributed by atoms with Crippen LogP contribution in [-0.4, -0.2) is 11.2 Å². The first-order valence-corrected chi connectivity index (χ1v) is 14.1. The van der Waals surface area contributed by atoms with E-state index in [4.69, 9.17) is 0 Å². The van der Waals surface area contributed by atoms with Gasteiger partial charge in [0.15, 0.2) is 0 Å². The predicted octanol–water partition coefficient (Wildman–Crippen LogP) is 9.35. The second-order valence-electron chi connectivity index (χ2n) is 12.5. The monoisotopic (exact) mass is 452 g/mol. The topological polar surface area (TPSA) is 20.2 Å². The van der Waals surface area contributed by atoms with Crippen molar-refractivity contribution in [2.24, 2.45) is 29.1 Å². The van der Waals surface area contributed by atoms with E-state index in [1.165, 1.54) is 80.9 Å². The second-order valence-corrected chi connectivity index (χ2v) is 12.5. The summed E-state index contributed by atoms with van der Waals surface area (Å²) in [4.78, 5) is 0. The van der Waals surface area contributed by atoms with E-state index in [0.29, 0.717) is 5.41 Å². The van der Waals surface area contributed by atoms with Crippen LogP contribution in [0.4, 0.5) is 0 Å². The highest BCUT2D eigenvalue weighted by Gasteiger charge is 2.51. The summed E-state index contributed by atoms with van der Waals surface area (Å²) in [5.41, 5.74) is 6.16. The normalized spacial score (nSPS) is 33.5. The highest BCUT2D eigenvalue weighted by atomic mass is 16.3. The lowest BCUT2D eigenvalue weighted by Crippen LogP contribution is -2.36. The van der Waals surface area contributed by atoms with Gasteiger partial charge < -0.3 is 5.11 Å². The quantitative estimate of drug-likeness (QED) is 0.345. The van der Waals surface area contributed by atoms with E-state index in [2.05, 4.69) is 59.4 Å². The van der Waals surface area contributed by atoms with Crippen LogP contribution in [0.1, 0.15) is 118 Å². The molecule has 0 heterocycles. The van der Waals surface area contributed by atoms with Crippen molar-refractivity contribution in [3.8, 4) is 0 Å². The van der Waals surface area contributed by atoms with Crippen LogP contribution in [0.25, 0.3) is 0 Å². The summed E-state index contributed by atoms with van der Waals surface area (Å²) in [7, 11) is 0. The van der Waals surface area contributed by atoms with Crippen LogP contribution in [0.15, 0.2) is 47.1 Å². The van der Waals surface area contributed by atoms with Gasteiger partial charge in [-0.2, -0.15) is 0 Å². The van der Waals surface area contributed by atoms with Gasteiger partial charge in [0.1, 0.15) is 0 Å². The lowest BCUT2D eigenvalue weighted by atomic mass is 9.60. The van der Waals surface area contributed by atoms with Crippen LogP contribution >= 0.6 is 0 Å². The maximum Gasteiger partial charge on any atom is 0.0583 e. The molecule has 0 amide bonds.